The van der Waals surface area contributed by atoms with Crippen molar-refractivity contribution in [3.05, 3.63) is 52.5 Å². The first kappa shape index (κ1) is 11.6. The molecular formula is C12H12FNS2. The highest BCUT2D eigenvalue weighted by atomic mass is 32.2. The van der Waals surface area contributed by atoms with E-state index >= 15 is 0 Å². The van der Waals surface area contributed by atoms with E-state index in [1.807, 2.05) is 23.6 Å². The Bertz CT molecular complexity index is 442. The summed E-state index contributed by atoms with van der Waals surface area (Å²) in [6.45, 7) is 0. The number of rotatable bonds is 4. The summed E-state index contributed by atoms with van der Waals surface area (Å²) in [6, 6.07) is 10.7. The zero-order valence-electron chi connectivity index (χ0n) is 8.60. The van der Waals surface area contributed by atoms with Gasteiger partial charge in [-0.1, -0.05) is 18.2 Å². The van der Waals surface area contributed by atoms with Crippen LogP contribution >= 0.6 is 23.1 Å². The van der Waals surface area contributed by atoms with E-state index in [-0.39, 0.29) is 11.9 Å². The second kappa shape index (κ2) is 5.48. The number of halogens is 1. The summed E-state index contributed by atoms with van der Waals surface area (Å²) in [4.78, 5) is 1.80. The van der Waals surface area contributed by atoms with Crippen LogP contribution < -0.4 is 5.73 Å². The molecule has 16 heavy (non-hydrogen) atoms. The van der Waals surface area contributed by atoms with Crippen LogP contribution in [0.4, 0.5) is 4.39 Å². The van der Waals surface area contributed by atoms with E-state index in [2.05, 4.69) is 0 Å². The Morgan fingerprint density at radius 1 is 1.25 bits per heavy atom. The summed E-state index contributed by atoms with van der Waals surface area (Å²) >= 11 is 3.10. The molecule has 0 bridgehead atoms. The van der Waals surface area contributed by atoms with Gasteiger partial charge in [-0.05, 0) is 23.6 Å². The minimum Gasteiger partial charge on any atom is -0.323 e. The lowest BCUT2D eigenvalue weighted by molar-refractivity contribution is 0.602. The standard InChI is InChI=1S/C12H12FNS2/c13-9-4-1-2-5-11(9)16-8-10(14)12-6-3-7-15-12/h1-7,10H,8,14H2. The van der Waals surface area contributed by atoms with Gasteiger partial charge in [-0.3, -0.25) is 0 Å². The van der Waals surface area contributed by atoms with E-state index in [0.29, 0.717) is 10.6 Å². The molecule has 0 aliphatic carbocycles. The molecule has 1 unspecified atom stereocenters. The molecule has 1 aromatic carbocycles. The van der Waals surface area contributed by atoms with Gasteiger partial charge in [0.1, 0.15) is 5.82 Å². The maximum Gasteiger partial charge on any atom is 0.136 e. The zero-order valence-corrected chi connectivity index (χ0v) is 10.2. The van der Waals surface area contributed by atoms with E-state index in [1.165, 1.54) is 17.8 Å². The van der Waals surface area contributed by atoms with Gasteiger partial charge in [0.05, 0.1) is 0 Å². The Labute approximate surface area is 102 Å². The summed E-state index contributed by atoms with van der Waals surface area (Å²) in [5, 5.41) is 2.00. The maximum atomic E-state index is 13.3. The van der Waals surface area contributed by atoms with Crippen LogP contribution in [0.2, 0.25) is 0 Å². The molecule has 2 aromatic rings. The smallest absolute Gasteiger partial charge is 0.136 e. The predicted octanol–water partition coefficient (Wildman–Crippen LogP) is 3.68. The van der Waals surface area contributed by atoms with Gasteiger partial charge in [-0.2, -0.15) is 0 Å². The van der Waals surface area contributed by atoms with Crippen LogP contribution in [0.15, 0.2) is 46.7 Å². The minimum atomic E-state index is -0.175. The number of thiophene rings is 1. The topological polar surface area (TPSA) is 26.0 Å². The number of nitrogens with two attached hydrogens (primary N) is 1. The average molecular weight is 253 g/mol. The molecule has 0 fully saturated rings. The SMILES string of the molecule is NC(CSc1ccccc1F)c1cccs1. The largest absolute Gasteiger partial charge is 0.323 e. The minimum absolute atomic E-state index is 0.0235. The van der Waals surface area contributed by atoms with Crippen molar-refractivity contribution in [3.63, 3.8) is 0 Å². The van der Waals surface area contributed by atoms with Gasteiger partial charge in [0.15, 0.2) is 0 Å². The highest BCUT2D eigenvalue weighted by Gasteiger charge is 2.09. The van der Waals surface area contributed by atoms with Crippen LogP contribution in [0.1, 0.15) is 10.9 Å². The van der Waals surface area contributed by atoms with Crippen LogP contribution in [0, 0.1) is 5.82 Å². The van der Waals surface area contributed by atoms with E-state index < -0.39 is 0 Å². The first-order valence-corrected chi connectivity index (χ1v) is 6.80. The third kappa shape index (κ3) is 2.84. The highest BCUT2D eigenvalue weighted by molar-refractivity contribution is 7.99. The van der Waals surface area contributed by atoms with Gasteiger partial charge in [0.2, 0.25) is 0 Å². The molecule has 0 aliphatic rings. The van der Waals surface area contributed by atoms with Crippen molar-refractivity contribution in [2.45, 2.75) is 10.9 Å². The Kier molecular flexibility index (Phi) is 3.98. The monoisotopic (exact) mass is 253 g/mol. The fourth-order valence-electron chi connectivity index (χ4n) is 1.33. The zero-order chi connectivity index (χ0) is 11.4. The molecule has 4 heteroatoms. The predicted molar refractivity (Wildman–Crippen MR) is 68.4 cm³/mol. The van der Waals surface area contributed by atoms with Gasteiger partial charge in [-0.15, -0.1) is 23.1 Å². The van der Waals surface area contributed by atoms with Gasteiger partial charge >= 0.3 is 0 Å². The van der Waals surface area contributed by atoms with Crippen LogP contribution in [-0.4, -0.2) is 5.75 Å². The Balaban J connectivity index is 1.95. The van der Waals surface area contributed by atoms with Crippen molar-refractivity contribution in [1.29, 1.82) is 0 Å². The summed E-state index contributed by atoms with van der Waals surface area (Å²) < 4.78 is 13.3. The van der Waals surface area contributed by atoms with Crippen molar-refractivity contribution >= 4 is 23.1 Å². The molecule has 0 saturated heterocycles. The average Bonchev–Trinajstić information content (AvgIpc) is 2.81. The van der Waals surface area contributed by atoms with Crippen LogP contribution in [0.5, 0.6) is 0 Å². The maximum absolute atomic E-state index is 13.3. The second-order valence-electron chi connectivity index (χ2n) is 3.36. The third-order valence-electron chi connectivity index (χ3n) is 2.16. The molecule has 1 aromatic heterocycles. The summed E-state index contributed by atoms with van der Waals surface area (Å²) in [6.07, 6.45) is 0. The molecule has 0 amide bonds. The molecule has 2 N–H and O–H groups in total. The molecule has 2 rings (SSSR count). The quantitative estimate of drug-likeness (QED) is 0.841. The first-order valence-electron chi connectivity index (χ1n) is 4.93. The van der Waals surface area contributed by atoms with Crippen molar-refractivity contribution in [3.8, 4) is 0 Å². The van der Waals surface area contributed by atoms with Crippen molar-refractivity contribution < 1.29 is 4.39 Å². The number of hydrogen-bond donors (Lipinski definition) is 1. The van der Waals surface area contributed by atoms with Gasteiger partial charge in [-0.25, -0.2) is 4.39 Å². The molecule has 0 radical (unpaired) electrons. The molecule has 0 spiro atoms. The number of thioether (sulfide) groups is 1. The Morgan fingerprint density at radius 3 is 2.75 bits per heavy atom. The van der Waals surface area contributed by atoms with E-state index in [4.69, 9.17) is 5.73 Å². The van der Waals surface area contributed by atoms with Gasteiger partial charge < -0.3 is 5.73 Å². The lowest BCUT2D eigenvalue weighted by Crippen LogP contribution is -2.11. The van der Waals surface area contributed by atoms with Crippen molar-refractivity contribution in [2.24, 2.45) is 5.73 Å². The molecular weight excluding hydrogens is 241 g/mol. The highest BCUT2D eigenvalue weighted by Crippen LogP contribution is 2.27. The van der Waals surface area contributed by atoms with Crippen molar-refractivity contribution in [1.82, 2.24) is 0 Å². The van der Waals surface area contributed by atoms with E-state index in [1.54, 1.807) is 23.5 Å². The third-order valence-corrected chi connectivity index (χ3v) is 4.34. The van der Waals surface area contributed by atoms with Crippen LogP contribution in [0.25, 0.3) is 0 Å². The fraction of sp³-hybridized carbons (Fsp3) is 0.167. The molecule has 1 heterocycles. The Hall–Kier alpha value is -0.840. The van der Waals surface area contributed by atoms with Crippen molar-refractivity contribution in [2.75, 3.05) is 5.75 Å². The molecule has 0 saturated carbocycles. The van der Waals surface area contributed by atoms with Gasteiger partial charge in [0, 0.05) is 21.6 Å². The number of benzene rings is 1. The molecule has 0 aliphatic heterocycles. The lowest BCUT2D eigenvalue weighted by atomic mass is 10.3. The lowest BCUT2D eigenvalue weighted by Gasteiger charge is -2.09. The van der Waals surface area contributed by atoms with Crippen LogP contribution in [0.3, 0.4) is 0 Å². The molecule has 1 nitrogen and oxygen atoms in total. The number of hydrogen-bond acceptors (Lipinski definition) is 3. The summed E-state index contributed by atoms with van der Waals surface area (Å²) in [7, 11) is 0. The van der Waals surface area contributed by atoms with E-state index in [9.17, 15) is 4.39 Å². The summed E-state index contributed by atoms with van der Waals surface area (Å²) in [5.41, 5.74) is 6.00. The normalized spacial score (nSPS) is 12.6. The van der Waals surface area contributed by atoms with E-state index in [0.717, 1.165) is 4.88 Å². The Morgan fingerprint density at radius 2 is 2.06 bits per heavy atom. The summed E-state index contributed by atoms with van der Waals surface area (Å²) in [5.74, 6) is 0.521. The molecule has 1 atom stereocenters. The fourth-order valence-corrected chi connectivity index (χ4v) is 3.08. The molecule has 84 valence electrons. The van der Waals surface area contributed by atoms with Crippen LogP contribution in [-0.2, 0) is 0 Å². The second-order valence-corrected chi connectivity index (χ2v) is 5.40. The van der Waals surface area contributed by atoms with Gasteiger partial charge in [0.25, 0.3) is 0 Å². The first-order chi connectivity index (χ1) is 7.77.